The van der Waals surface area contributed by atoms with Gasteiger partial charge in [-0.1, -0.05) is 6.92 Å². The van der Waals surface area contributed by atoms with Gasteiger partial charge in [-0.15, -0.1) is 0 Å². The maximum atomic E-state index is 9.72. The summed E-state index contributed by atoms with van der Waals surface area (Å²) >= 11 is 0. The van der Waals surface area contributed by atoms with E-state index in [9.17, 15) is 5.11 Å². The first-order valence-corrected chi connectivity index (χ1v) is 5.11. The molecule has 1 unspecified atom stereocenters. The molecule has 3 nitrogen and oxygen atoms in total. The average molecular weight is 184 g/mol. The van der Waals surface area contributed by atoms with Gasteiger partial charge in [-0.25, -0.2) is 0 Å². The van der Waals surface area contributed by atoms with Crippen LogP contribution in [0.2, 0.25) is 0 Å². The summed E-state index contributed by atoms with van der Waals surface area (Å²) in [6.45, 7) is 4.50. The summed E-state index contributed by atoms with van der Waals surface area (Å²) in [5.41, 5.74) is 0.594. The number of aliphatic hydroxyl groups is 1. The van der Waals surface area contributed by atoms with Gasteiger partial charge in [0.25, 0.3) is 0 Å². The van der Waals surface area contributed by atoms with E-state index in [-0.39, 0.29) is 6.35 Å². The Labute approximate surface area is 80.3 Å². The highest BCUT2D eigenvalue weighted by molar-refractivity contribution is 5.03. The maximum Gasteiger partial charge on any atom is 0.165 e. The molecule has 1 spiro atoms. The molecule has 2 rings (SSSR count). The molecular weight excluding hydrogens is 164 g/mol. The SMILES string of the molecule is CC1CC2(C1)CN(C(O)N(C)C)C2. The predicted octanol–water partition coefficient (Wildman–Crippen LogP) is 0.556. The summed E-state index contributed by atoms with van der Waals surface area (Å²) in [6.07, 6.45) is 2.36. The summed E-state index contributed by atoms with van der Waals surface area (Å²) in [7, 11) is 3.83. The minimum atomic E-state index is -0.374. The van der Waals surface area contributed by atoms with Crippen LogP contribution in [0.3, 0.4) is 0 Å². The number of rotatable bonds is 2. The quantitative estimate of drug-likeness (QED) is 0.635. The lowest BCUT2D eigenvalue weighted by atomic mass is 9.58. The zero-order valence-corrected chi connectivity index (χ0v) is 8.82. The number of hydrogen-bond donors (Lipinski definition) is 1. The molecule has 1 saturated carbocycles. The third kappa shape index (κ3) is 1.49. The van der Waals surface area contributed by atoms with Crippen molar-refractivity contribution in [2.24, 2.45) is 11.3 Å². The fraction of sp³-hybridized carbons (Fsp3) is 1.00. The second-order valence-corrected chi connectivity index (χ2v) is 5.23. The van der Waals surface area contributed by atoms with Crippen LogP contribution in [0.25, 0.3) is 0 Å². The zero-order chi connectivity index (χ0) is 9.64. The second kappa shape index (κ2) is 2.94. The highest BCUT2D eigenvalue weighted by Gasteiger charge is 2.52. The summed E-state index contributed by atoms with van der Waals surface area (Å²) in [4.78, 5) is 4.00. The van der Waals surface area contributed by atoms with E-state index in [4.69, 9.17) is 0 Å². The minimum absolute atomic E-state index is 0.374. The Morgan fingerprint density at radius 3 is 2.31 bits per heavy atom. The molecule has 0 radical (unpaired) electrons. The van der Waals surface area contributed by atoms with Crippen molar-refractivity contribution in [1.29, 1.82) is 0 Å². The first-order chi connectivity index (χ1) is 6.02. The molecule has 1 aliphatic carbocycles. The van der Waals surface area contributed by atoms with Gasteiger partial charge in [0.1, 0.15) is 0 Å². The number of hydrogen-bond acceptors (Lipinski definition) is 3. The normalized spacial score (nSPS) is 30.2. The lowest BCUT2D eigenvalue weighted by molar-refractivity contribution is -0.197. The van der Waals surface area contributed by atoms with Crippen molar-refractivity contribution in [2.75, 3.05) is 27.2 Å². The summed E-state index contributed by atoms with van der Waals surface area (Å²) in [5, 5.41) is 9.72. The molecule has 1 atom stereocenters. The largest absolute Gasteiger partial charge is 0.365 e. The number of nitrogens with zero attached hydrogens (tertiary/aromatic N) is 2. The van der Waals surface area contributed by atoms with Gasteiger partial charge in [-0.2, -0.15) is 0 Å². The first kappa shape index (κ1) is 9.44. The molecular formula is C10H20N2O. The molecule has 2 aliphatic rings. The summed E-state index contributed by atoms with van der Waals surface area (Å²) < 4.78 is 0. The minimum Gasteiger partial charge on any atom is -0.365 e. The van der Waals surface area contributed by atoms with Gasteiger partial charge in [-0.05, 0) is 38.3 Å². The van der Waals surface area contributed by atoms with E-state index >= 15 is 0 Å². The Morgan fingerprint density at radius 1 is 1.38 bits per heavy atom. The summed E-state index contributed by atoms with van der Waals surface area (Å²) in [5.74, 6) is 0.915. The van der Waals surface area contributed by atoms with Crippen LogP contribution >= 0.6 is 0 Å². The van der Waals surface area contributed by atoms with Crippen LogP contribution in [0.4, 0.5) is 0 Å². The number of aliphatic hydroxyl groups excluding tert-OH is 1. The molecule has 1 N–H and O–H groups in total. The fourth-order valence-corrected chi connectivity index (χ4v) is 2.98. The third-order valence-corrected chi connectivity index (χ3v) is 3.43. The molecule has 0 aromatic heterocycles. The molecule has 0 amide bonds. The van der Waals surface area contributed by atoms with E-state index in [2.05, 4.69) is 11.8 Å². The van der Waals surface area contributed by atoms with E-state index in [1.54, 1.807) is 0 Å². The van der Waals surface area contributed by atoms with Crippen LogP contribution in [-0.2, 0) is 0 Å². The van der Waals surface area contributed by atoms with Gasteiger partial charge in [0.2, 0.25) is 0 Å². The van der Waals surface area contributed by atoms with E-state index in [1.165, 1.54) is 12.8 Å². The molecule has 76 valence electrons. The van der Waals surface area contributed by atoms with Gasteiger partial charge in [-0.3, -0.25) is 9.80 Å². The fourth-order valence-electron chi connectivity index (χ4n) is 2.98. The molecule has 1 saturated heterocycles. The summed E-state index contributed by atoms with van der Waals surface area (Å²) in [6, 6.07) is 0. The standard InChI is InChI=1S/C10H20N2O/c1-8-4-10(5-8)6-12(7-10)9(13)11(2)3/h8-9,13H,4-7H2,1-3H3. The average Bonchev–Trinajstić information content (AvgIpc) is 1.92. The third-order valence-electron chi connectivity index (χ3n) is 3.43. The van der Waals surface area contributed by atoms with Crippen molar-refractivity contribution in [1.82, 2.24) is 9.80 Å². The zero-order valence-electron chi connectivity index (χ0n) is 8.82. The van der Waals surface area contributed by atoms with Crippen LogP contribution in [0.15, 0.2) is 0 Å². The Kier molecular flexibility index (Phi) is 2.13. The lowest BCUT2D eigenvalue weighted by Gasteiger charge is -2.60. The van der Waals surface area contributed by atoms with Gasteiger partial charge in [0, 0.05) is 13.1 Å². The van der Waals surface area contributed by atoms with Gasteiger partial charge < -0.3 is 5.11 Å². The molecule has 0 aromatic carbocycles. The molecule has 0 bridgehead atoms. The van der Waals surface area contributed by atoms with Crippen LogP contribution in [0.5, 0.6) is 0 Å². The second-order valence-electron chi connectivity index (χ2n) is 5.23. The van der Waals surface area contributed by atoms with Crippen molar-refractivity contribution in [2.45, 2.75) is 26.1 Å². The van der Waals surface area contributed by atoms with E-state index < -0.39 is 0 Å². The predicted molar refractivity (Wildman–Crippen MR) is 52.1 cm³/mol. The lowest BCUT2D eigenvalue weighted by Crippen LogP contribution is -2.66. The Hall–Kier alpha value is -0.120. The Morgan fingerprint density at radius 2 is 1.92 bits per heavy atom. The molecule has 1 aliphatic heterocycles. The monoisotopic (exact) mass is 184 g/mol. The van der Waals surface area contributed by atoms with E-state index in [1.807, 2.05) is 19.0 Å². The Bertz CT molecular complexity index is 191. The van der Waals surface area contributed by atoms with E-state index in [0.717, 1.165) is 19.0 Å². The van der Waals surface area contributed by atoms with Crippen molar-refractivity contribution < 1.29 is 5.11 Å². The van der Waals surface area contributed by atoms with Gasteiger partial charge >= 0.3 is 0 Å². The van der Waals surface area contributed by atoms with Crippen molar-refractivity contribution in [3.63, 3.8) is 0 Å². The van der Waals surface area contributed by atoms with Crippen molar-refractivity contribution in [3.05, 3.63) is 0 Å². The molecule has 3 heteroatoms. The number of likely N-dealkylation sites (tertiary alicyclic amines) is 1. The molecule has 2 fully saturated rings. The Balaban J connectivity index is 1.78. The van der Waals surface area contributed by atoms with E-state index in [0.29, 0.717) is 5.41 Å². The van der Waals surface area contributed by atoms with Crippen molar-refractivity contribution in [3.8, 4) is 0 Å². The van der Waals surface area contributed by atoms with Crippen LogP contribution in [-0.4, -0.2) is 48.4 Å². The topological polar surface area (TPSA) is 26.7 Å². The van der Waals surface area contributed by atoms with Crippen molar-refractivity contribution >= 4 is 0 Å². The first-order valence-electron chi connectivity index (χ1n) is 5.11. The highest BCUT2D eigenvalue weighted by atomic mass is 16.3. The van der Waals surface area contributed by atoms with Crippen LogP contribution in [0, 0.1) is 11.3 Å². The maximum absolute atomic E-state index is 9.72. The molecule has 1 heterocycles. The van der Waals surface area contributed by atoms with Crippen LogP contribution in [0.1, 0.15) is 19.8 Å². The molecule has 13 heavy (non-hydrogen) atoms. The smallest absolute Gasteiger partial charge is 0.165 e. The van der Waals surface area contributed by atoms with Crippen LogP contribution < -0.4 is 0 Å². The highest BCUT2D eigenvalue weighted by Crippen LogP contribution is 2.51. The van der Waals surface area contributed by atoms with Gasteiger partial charge in [0.05, 0.1) is 0 Å². The molecule has 0 aromatic rings. The van der Waals surface area contributed by atoms with Gasteiger partial charge in [0.15, 0.2) is 6.35 Å².